The van der Waals surface area contributed by atoms with Crippen LogP contribution in [0.2, 0.25) is 0 Å². The molecule has 2 aliphatic heterocycles. The highest BCUT2D eigenvalue weighted by molar-refractivity contribution is 5.70. The number of fused-ring (bicyclic) bond motifs is 1. The maximum absolute atomic E-state index is 11.2. The summed E-state index contributed by atoms with van der Waals surface area (Å²) >= 11 is 0. The molecule has 1 fully saturated rings. The third-order valence-corrected chi connectivity index (χ3v) is 3.55. The summed E-state index contributed by atoms with van der Waals surface area (Å²) in [5.74, 6) is 0.571. The lowest BCUT2D eigenvalue weighted by molar-refractivity contribution is -0.384. The quantitative estimate of drug-likeness (QED) is 0.591. The van der Waals surface area contributed by atoms with Gasteiger partial charge in [-0.3, -0.25) is 10.1 Å². The van der Waals surface area contributed by atoms with Crippen molar-refractivity contribution < 1.29 is 9.66 Å². The summed E-state index contributed by atoms with van der Waals surface area (Å²) in [6.07, 6.45) is 5.43. The lowest BCUT2D eigenvalue weighted by atomic mass is 10.1. The normalized spacial score (nSPS) is 18.3. The molecule has 1 aromatic rings. The molecule has 0 bridgehead atoms. The molecule has 0 saturated carbocycles. The molecule has 1 aromatic heterocycles. The molecule has 0 atom stereocenters. The summed E-state index contributed by atoms with van der Waals surface area (Å²) < 4.78 is 5.40. The van der Waals surface area contributed by atoms with Gasteiger partial charge in [0.15, 0.2) is 0 Å². The van der Waals surface area contributed by atoms with Crippen molar-refractivity contribution in [2.75, 3.05) is 24.6 Å². The van der Waals surface area contributed by atoms with Gasteiger partial charge in [0.05, 0.1) is 11.5 Å². The second-order valence-corrected chi connectivity index (χ2v) is 4.68. The number of hydrogen-bond donors (Lipinski definition) is 0. The number of pyridine rings is 1. The Balaban J connectivity index is 2.08. The largest absolute Gasteiger partial charge is 0.477 e. The number of piperidine rings is 1. The molecule has 0 amide bonds. The summed E-state index contributed by atoms with van der Waals surface area (Å²) in [5.41, 5.74) is 1.76. The molecule has 18 heavy (non-hydrogen) atoms. The minimum atomic E-state index is -0.338. The lowest BCUT2D eigenvalue weighted by Crippen LogP contribution is -2.30. The van der Waals surface area contributed by atoms with Gasteiger partial charge in [-0.05, 0) is 19.3 Å². The van der Waals surface area contributed by atoms with Gasteiger partial charge < -0.3 is 9.64 Å². The van der Waals surface area contributed by atoms with Crippen LogP contribution >= 0.6 is 0 Å². The number of anilines is 1. The minimum absolute atomic E-state index is 0.112. The number of aromatic nitrogens is 1. The third-order valence-electron chi connectivity index (χ3n) is 3.55. The van der Waals surface area contributed by atoms with Crippen LogP contribution in [0.3, 0.4) is 0 Å². The Morgan fingerprint density at radius 1 is 1.33 bits per heavy atom. The first-order valence-electron chi connectivity index (χ1n) is 6.31. The highest BCUT2D eigenvalue weighted by atomic mass is 16.6. The van der Waals surface area contributed by atoms with Gasteiger partial charge in [0.2, 0.25) is 5.88 Å². The first-order chi connectivity index (χ1) is 8.77. The average molecular weight is 249 g/mol. The molecular weight excluding hydrogens is 234 g/mol. The molecule has 3 rings (SSSR count). The van der Waals surface area contributed by atoms with Gasteiger partial charge in [0.1, 0.15) is 11.9 Å². The van der Waals surface area contributed by atoms with E-state index in [-0.39, 0.29) is 10.6 Å². The van der Waals surface area contributed by atoms with Gasteiger partial charge in [0, 0.05) is 25.1 Å². The van der Waals surface area contributed by atoms with Crippen molar-refractivity contribution in [3.8, 4) is 5.88 Å². The maximum atomic E-state index is 11.2. The van der Waals surface area contributed by atoms with E-state index in [4.69, 9.17) is 4.74 Å². The zero-order valence-corrected chi connectivity index (χ0v) is 10.1. The van der Waals surface area contributed by atoms with Crippen LogP contribution in [0.5, 0.6) is 5.88 Å². The Bertz CT molecular complexity index is 484. The molecule has 0 aliphatic carbocycles. The number of nitrogens with zero attached hydrogens (tertiary/aromatic N) is 3. The van der Waals surface area contributed by atoms with Crippen LogP contribution in [0, 0.1) is 10.1 Å². The maximum Gasteiger partial charge on any atom is 0.311 e. The Labute approximate surface area is 105 Å². The third kappa shape index (κ3) is 1.77. The van der Waals surface area contributed by atoms with Crippen molar-refractivity contribution in [1.29, 1.82) is 0 Å². The van der Waals surface area contributed by atoms with Gasteiger partial charge in [-0.1, -0.05) is 0 Å². The molecule has 0 spiro atoms. The molecule has 96 valence electrons. The van der Waals surface area contributed by atoms with Gasteiger partial charge >= 0.3 is 5.69 Å². The van der Waals surface area contributed by atoms with Crippen LogP contribution in [-0.2, 0) is 6.42 Å². The number of hydrogen-bond acceptors (Lipinski definition) is 5. The molecule has 6 nitrogen and oxygen atoms in total. The second kappa shape index (κ2) is 4.44. The smallest absolute Gasteiger partial charge is 0.311 e. The molecule has 2 aliphatic rings. The van der Waals surface area contributed by atoms with E-state index in [1.165, 1.54) is 12.6 Å². The van der Waals surface area contributed by atoms with Crippen molar-refractivity contribution >= 4 is 11.4 Å². The Morgan fingerprint density at radius 3 is 2.83 bits per heavy atom. The van der Waals surface area contributed by atoms with Crippen molar-refractivity contribution in [1.82, 2.24) is 4.98 Å². The van der Waals surface area contributed by atoms with Crippen molar-refractivity contribution in [3.05, 3.63) is 21.9 Å². The zero-order chi connectivity index (χ0) is 12.5. The van der Waals surface area contributed by atoms with Gasteiger partial charge in [-0.25, -0.2) is 4.98 Å². The van der Waals surface area contributed by atoms with Crippen LogP contribution in [0.1, 0.15) is 24.8 Å². The zero-order valence-electron chi connectivity index (χ0n) is 10.1. The van der Waals surface area contributed by atoms with Gasteiger partial charge in [-0.2, -0.15) is 0 Å². The Hall–Kier alpha value is -1.85. The summed E-state index contributed by atoms with van der Waals surface area (Å²) in [7, 11) is 0. The van der Waals surface area contributed by atoms with Crippen molar-refractivity contribution in [3.63, 3.8) is 0 Å². The van der Waals surface area contributed by atoms with Crippen LogP contribution in [-0.4, -0.2) is 29.6 Å². The first kappa shape index (κ1) is 11.3. The number of rotatable bonds is 2. The summed E-state index contributed by atoms with van der Waals surface area (Å²) in [6, 6.07) is 0. The van der Waals surface area contributed by atoms with E-state index in [9.17, 15) is 10.1 Å². The van der Waals surface area contributed by atoms with Crippen molar-refractivity contribution in [2.24, 2.45) is 0 Å². The van der Waals surface area contributed by atoms with Crippen LogP contribution < -0.4 is 9.64 Å². The predicted octanol–water partition coefficient (Wildman–Crippen LogP) is 1.91. The van der Waals surface area contributed by atoms with E-state index in [0.717, 1.165) is 43.6 Å². The minimum Gasteiger partial charge on any atom is -0.477 e. The van der Waals surface area contributed by atoms with E-state index in [2.05, 4.69) is 9.88 Å². The fourth-order valence-electron chi connectivity index (χ4n) is 2.72. The fourth-order valence-corrected chi connectivity index (χ4v) is 2.72. The Kier molecular flexibility index (Phi) is 2.77. The highest BCUT2D eigenvalue weighted by Gasteiger charge is 2.30. The second-order valence-electron chi connectivity index (χ2n) is 4.68. The van der Waals surface area contributed by atoms with E-state index < -0.39 is 0 Å². The summed E-state index contributed by atoms with van der Waals surface area (Å²) in [6.45, 7) is 2.35. The number of ether oxygens (including phenoxy) is 1. The van der Waals surface area contributed by atoms with E-state index >= 15 is 0 Å². The van der Waals surface area contributed by atoms with Gasteiger partial charge in [-0.15, -0.1) is 0 Å². The molecule has 0 N–H and O–H groups in total. The van der Waals surface area contributed by atoms with Crippen LogP contribution in [0.25, 0.3) is 0 Å². The Morgan fingerprint density at radius 2 is 2.11 bits per heavy atom. The van der Waals surface area contributed by atoms with E-state index in [0.29, 0.717) is 12.5 Å². The molecule has 0 aromatic carbocycles. The number of nitro groups is 1. The molecule has 1 saturated heterocycles. The van der Waals surface area contributed by atoms with E-state index in [1.807, 2.05) is 0 Å². The van der Waals surface area contributed by atoms with Crippen LogP contribution in [0.4, 0.5) is 11.4 Å². The highest BCUT2D eigenvalue weighted by Crippen LogP contribution is 2.39. The molecule has 3 heterocycles. The van der Waals surface area contributed by atoms with Gasteiger partial charge in [0.25, 0.3) is 0 Å². The predicted molar refractivity (Wildman–Crippen MR) is 66.2 cm³/mol. The average Bonchev–Trinajstić information content (AvgIpc) is 2.86. The van der Waals surface area contributed by atoms with E-state index in [1.54, 1.807) is 0 Å². The molecule has 0 radical (unpaired) electrons. The first-order valence-corrected chi connectivity index (χ1v) is 6.31. The molecular formula is C12H15N3O3. The van der Waals surface area contributed by atoms with Crippen LogP contribution in [0.15, 0.2) is 6.20 Å². The molecule has 0 unspecified atom stereocenters. The summed E-state index contributed by atoms with van der Waals surface area (Å²) in [5, 5.41) is 11.2. The molecule has 6 heteroatoms. The topological polar surface area (TPSA) is 68.5 Å². The SMILES string of the molecule is O=[N+]([O-])c1cnc2c(c1N1CCCCC1)CCO2. The fraction of sp³-hybridized carbons (Fsp3) is 0.583. The lowest BCUT2D eigenvalue weighted by Gasteiger charge is -2.29. The standard InChI is InChI=1S/C12H15N3O3/c16-15(17)10-8-13-12-9(4-7-18-12)11(10)14-5-2-1-3-6-14/h8H,1-7H2. The van der Waals surface area contributed by atoms with Crippen molar-refractivity contribution in [2.45, 2.75) is 25.7 Å². The monoisotopic (exact) mass is 249 g/mol. The summed E-state index contributed by atoms with van der Waals surface area (Å²) in [4.78, 5) is 17.0.